The zero-order chi connectivity index (χ0) is 16.4. The summed E-state index contributed by atoms with van der Waals surface area (Å²) in [5.41, 5.74) is 6.19. The van der Waals surface area contributed by atoms with Crippen molar-refractivity contribution in [1.82, 2.24) is 10.3 Å². The third-order valence-corrected chi connectivity index (χ3v) is 4.83. The number of hydrogen-bond donors (Lipinski definition) is 2. The standard InChI is InChI=1S/C18H24N4O/c1-22(2)16-15-8-4-3-7-14(15)13(11-20-16)12-21-18(17(19)23)9-5-6-10-18/h3-4,7-8,11,21H,5-6,9-10,12H2,1-2H3,(H2,19,23). The molecule has 2 aromatic rings. The van der Waals surface area contributed by atoms with E-state index in [-0.39, 0.29) is 5.91 Å². The van der Waals surface area contributed by atoms with Gasteiger partial charge in [0.2, 0.25) is 5.91 Å². The van der Waals surface area contributed by atoms with Crippen LogP contribution < -0.4 is 16.0 Å². The van der Waals surface area contributed by atoms with E-state index >= 15 is 0 Å². The molecule has 1 fully saturated rings. The van der Waals surface area contributed by atoms with E-state index < -0.39 is 5.54 Å². The van der Waals surface area contributed by atoms with Crippen LogP contribution in [0.2, 0.25) is 0 Å². The minimum absolute atomic E-state index is 0.239. The van der Waals surface area contributed by atoms with E-state index in [4.69, 9.17) is 5.73 Å². The van der Waals surface area contributed by atoms with Gasteiger partial charge in [0.25, 0.3) is 0 Å². The van der Waals surface area contributed by atoms with E-state index in [1.165, 1.54) is 0 Å². The van der Waals surface area contributed by atoms with Gasteiger partial charge in [0, 0.05) is 32.2 Å². The number of nitrogens with zero attached hydrogens (tertiary/aromatic N) is 2. The van der Waals surface area contributed by atoms with Crippen LogP contribution in [-0.4, -0.2) is 30.5 Å². The van der Waals surface area contributed by atoms with Gasteiger partial charge < -0.3 is 10.6 Å². The first-order valence-corrected chi connectivity index (χ1v) is 8.12. The molecule has 5 nitrogen and oxygen atoms in total. The maximum Gasteiger partial charge on any atom is 0.237 e. The second-order valence-corrected chi connectivity index (χ2v) is 6.55. The molecule has 1 heterocycles. The van der Waals surface area contributed by atoms with E-state index in [0.717, 1.165) is 47.8 Å². The minimum Gasteiger partial charge on any atom is -0.368 e. The molecule has 1 aliphatic carbocycles. The quantitative estimate of drug-likeness (QED) is 0.888. The topological polar surface area (TPSA) is 71.2 Å². The van der Waals surface area contributed by atoms with Gasteiger partial charge in [-0.05, 0) is 23.8 Å². The molecule has 1 amide bonds. The number of fused-ring (bicyclic) bond motifs is 1. The van der Waals surface area contributed by atoms with Gasteiger partial charge in [0.05, 0.1) is 5.54 Å². The van der Waals surface area contributed by atoms with Crippen molar-refractivity contribution in [1.29, 1.82) is 0 Å². The predicted molar refractivity (Wildman–Crippen MR) is 93.3 cm³/mol. The summed E-state index contributed by atoms with van der Waals surface area (Å²) in [4.78, 5) is 18.5. The highest BCUT2D eigenvalue weighted by Crippen LogP contribution is 2.31. The lowest BCUT2D eigenvalue weighted by atomic mass is 9.96. The first-order valence-electron chi connectivity index (χ1n) is 8.12. The molecule has 23 heavy (non-hydrogen) atoms. The number of carbonyl (C=O) groups is 1. The number of primary amides is 1. The number of carbonyl (C=O) groups excluding carboxylic acids is 1. The Bertz CT molecular complexity index is 720. The Kier molecular flexibility index (Phi) is 4.22. The van der Waals surface area contributed by atoms with E-state index in [1.54, 1.807) is 0 Å². The normalized spacial score (nSPS) is 16.6. The Morgan fingerprint density at radius 1 is 1.26 bits per heavy atom. The Morgan fingerprint density at radius 2 is 1.91 bits per heavy atom. The lowest BCUT2D eigenvalue weighted by molar-refractivity contribution is -0.124. The number of pyridine rings is 1. The molecular formula is C18H24N4O. The number of anilines is 1. The van der Waals surface area contributed by atoms with Gasteiger partial charge in [-0.25, -0.2) is 4.98 Å². The molecule has 0 radical (unpaired) electrons. The number of nitrogens with one attached hydrogen (secondary N) is 1. The number of hydrogen-bond acceptors (Lipinski definition) is 4. The van der Waals surface area contributed by atoms with Crippen molar-refractivity contribution in [3.05, 3.63) is 36.0 Å². The molecule has 0 bridgehead atoms. The summed E-state index contributed by atoms with van der Waals surface area (Å²) in [6.07, 6.45) is 5.64. The number of aromatic nitrogens is 1. The van der Waals surface area contributed by atoms with Crippen molar-refractivity contribution in [3.8, 4) is 0 Å². The Balaban J connectivity index is 1.92. The first kappa shape index (κ1) is 15.7. The van der Waals surface area contributed by atoms with Crippen molar-refractivity contribution in [3.63, 3.8) is 0 Å². The fourth-order valence-corrected chi connectivity index (χ4v) is 3.49. The van der Waals surface area contributed by atoms with Crippen LogP contribution in [0.3, 0.4) is 0 Å². The molecule has 1 aromatic carbocycles. The smallest absolute Gasteiger partial charge is 0.237 e. The number of nitrogens with two attached hydrogens (primary N) is 1. The highest BCUT2D eigenvalue weighted by Gasteiger charge is 2.38. The van der Waals surface area contributed by atoms with Crippen LogP contribution in [0.1, 0.15) is 31.2 Å². The zero-order valence-electron chi connectivity index (χ0n) is 13.8. The highest BCUT2D eigenvalue weighted by molar-refractivity contribution is 5.94. The van der Waals surface area contributed by atoms with Gasteiger partial charge in [-0.2, -0.15) is 0 Å². The molecule has 122 valence electrons. The Labute approximate surface area is 136 Å². The third kappa shape index (κ3) is 2.88. The maximum atomic E-state index is 11.9. The average Bonchev–Trinajstić information content (AvgIpc) is 3.02. The number of rotatable bonds is 5. The summed E-state index contributed by atoms with van der Waals surface area (Å²) in [6.45, 7) is 0.601. The van der Waals surface area contributed by atoms with Crippen LogP contribution in [0.15, 0.2) is 30.5 Å². The van der Waals surface area contributed by atoms with Gasteiger partial charge in [-0.15, -0.1) is 0 Å². The summed E-state index contributed by atoms with van der Waals surface area (Å²) in [5.74, 6) is 0.715. The fourth-order valence-electron chi connectivity index (χ4n) is 3.49. The Morgan fingerprint density at radius 3 is 2.52 bits per heavy atom. The molecule has 0 spiro atoms. The van der Waals surface area contributed by atoms with Crippen molar-refractivity contribution in [2.75, 3.05) is 19.0 Å². The van der Waals surface area contributed by atoms with Crippen LogP contribution in [0.4, 0.5) is 5.82 Å². The van der Waals surface area contributed by atoms with Gasteiger partial charge in [-0.3, -0.25) is 10.1 Å². The summed E-state index contributed by atoms with van der Waals surface area (Å²) < 4.78 is 0. The second-order valence-electron chi connectivity index (χ2n) is 6.55. The summed E-state index contributed by atoms with van der Waals surface area (Å²) in [7, 11) is 3.99. The van der Waals surface area contributed by atoms with Gasteiger partial charge in [0.1, 0.15) is 5.82 Å². The number of benzene rings is 1. The van der Waals surface area contributed by atoms with Crippen molar-refractivity contribution >= 4 is 22.5 Å². The van der Waals surface area contributed by atoms with Crippen LogP contribution in [0.25, 0.3) is 10.8 Å². The zero-order valence-corrected chi connectivity index (χ0v) is 13.8. The van der Waals surface area contributed by atoms with Crippen LogP contribution >= 0.6 is 0 Å². The summed E-state index contributed by atoms with van der Waals surface area (Å²) in [5, 5.41) is 5.71. The summed E-state index contributed by atoms with van der Waals surface area (Å²) >= 11 is 0. The van der Waals surface area contributed by atoms with Gasteiger partial charge in [-0.1, -0.05) is 37.1 Å². The Hall–Kier alpha value is -2.14. The van der Waals surface area contributed by atoms with Gasteiger partial charge >= 0.3 is 0 Å². The van der Waals surface area contributed by atoms with Crippen molar-refractivity contribution in [2.24, 2.45) is 5.73 Å². The van der Waals surface area contributed by atoms with Crippen LogP contribution in [0.5, 0.6) is 0 Å². The molecule has 0 atom stereocenters. The average molecular weight is 312 g/mol. The van der Waals surface area contributed by atoms with Gasteiger partial charge in [0.15, 0.2) is 0 Å². The van der Waals surface area contributed by atoms with E-state index in [0.29, 0.717) is 6.54 Å². The minimum atomic E-state index is -0.554. The number of amides is 1. The molecule has 3 rings (SSSR count). The molecule has 5 heteroatoms. The lowest BCUT2D eigenvalue weighted by Gasteiger charge is -2.27. The van der Waals surface area contributed by atoms with Crippen LogP contribution in [-0.2, 0) is 11.3 Å². The largest absolute Gasteiger partial charge is 0.368 e. The first-order chi connectivity index (χ1) is 11.0. The second kappa shape index (κ2) is 6.16. The highest BCUT2D eigenvalue weighted by atomic mass is 16.1. The monoisotopic (exact) mass is 312 g/mol. The molecule has 1 aromatic heterocycles. The molecule has 3 N–H and O–H groups in total. The van der Waals surface area contributed by atoms with E-state index in [1.807, 2.05) is 37.3 Å². The van der Waals surface area contributed by atoms with Crippen molar-refractivity contribution in [2.45, 2.75) is 37.8 Å². The molecule has 0 unspecified atom stereocenters. The van der Waals surface area contributed by atoms with Crippen molar-refractivity contribution < 1.29 is 4.79 Å². The SMILES string of the molecule is CN(C)c1ncc(CNC2(C(N)=O)CCCC2)c2ccccc12. The molecule has 1 aliphatic rings. The van der Waals surface area contributed by atoms with Crippen LogP contribution in [0, 0.1) is 0 Å². The molecular weight excluding hydrogens is 288 g/mol. The fraction of sp³-hybridized carbons (Fsp3) is 0.444. The predicted octanol–water partition coefficient (Wildman–Crippen LogP) is 2.19. The molecule has 1 saturated carbocycles. The summed E-state index contributed by atoms with van der Waals surface area (Å²) in [6, 6.07) is 8.24. The van der Waals surface area contributed by atoms with E-state index in [9.17, 15) is 4.79 Å². The third-order valence-electron chi connectivity index (χ3n) is 4.83. The maximum absolute atomic E-state index is 11.9. The lowest BCUT2D eigenvalue weighted by Crippen LogP contribution is -2.53. The molecule has 0 aliphatic heterocycles. The van der Waals surface area contributed by atoms with E-state index in [2.05, 4.69) is 22.4 Å². The molecule has 0 saturated heterocycles.